The standard InChI is InChI=1S/C24H31N5O3/c1-16-19-11-12-21(30)28(4)24(19)26-23(25-16)20-10-5-6-13-29(20)22(31)15-32-18-9-7-8-17(14-18)27(2)3/h7-9,14,20H,5-6,10-13,15H2,1-4H3/t20-/m0/s1. The van der Waals surface area contributed by atoms with Gasteiger partial charge in [-0.25, -0.2) is 9.97 Å². The van der Waals surface area contributed by atoms with Gasteiger partial charge in [0.25, 0.3) is 5.91 Å². The second-order valence-corrected chi connectivity index (χ2v) is 8.70. The molecule has 0 bridgehead atoms. The van der Waals surface area contributed by atoms with Crippen molar-refractivity contribution >= 4 is 23.3 Å². The lowest BCUT2D eigenvalue weighted by molar-refractivity contribution is -0.137. The fourth-order valence-corrected chi connectivity index (χ4v) is 4.42. The Balaban J connectivity index is 1.53. The minimum Gasteiger partial charge on any atom is -0.484 e. The maximum absolute atomic E-state index is 13.1. The average Bonchev–Trinajstić information content (AvgIpc) is 2.80. The first-order valence-corrected chi connectivity index (χ1v) is 11.2. The number of hydrogen-bond acceptors (Lipinski definition) is 6. The minimum absolute atomic E-state index is 0.0321. The number of hydrogen-bond donors (Lipinski definition) is 0. The third kappa shape index (κ3) is 4.40. The minimum atomic E-state index is -0.206. The summed E-state index contributed by atoms with van der Waals surface area (Å²) in [4.78, 5) is 40.3. The summed E-state index contributed by atoms with van der Waals surface area (Å²) in [5.41, 5.74) is 2.93. The van der Waals surface area contributed by atoms with E-state index < -0.39 is 0 Å². The van der Waals surface area contributed by atoms with E-state index in [-0.39, 0.29) is 24.5 Å². The molecule has 1 aromatic carbocycles. The Morgan fingerprint density at radius 1 is 1.22 bits per heavy atom. The first-order chi connectivity index (χ1) is 15.3. The van der Waals surface area contributed by atoms with Gasteiger partial charge in [-0.15, -0.1) is 0 Å². The van der Waals surface area contributed by atoms with E-state index in [0.29, 0.717) is 36.8 Å². The van der Waals surface area contributed by atoms with E-state index in [1.165, 1.54) is 0 Å². The molecule has 8 heteroatoms. The van der Waals surface area contributed by atoms with Crippen molar-refractivity contribution in [1.29, 1.82) is 0 Å². The van der Waals surface area contributed by atoms with Crippen molar-refractivity contribution in [3.8, 4) is 5.75 Å². The maximum atomic E-state index is 13.1. The molecule has 8 nitrogen and oxygen atoms in total. The molecule has 0 unspecified atom stereocenters. The van der Waals surface area contributed by atoms with Crippen LogP contribution in [0.3, 0.4) is 0 Å². The molecule has 4 rings (SSSR count). The SMILES string of the molecule is Cc1nc([C@@H]2CCCCN2C(=O)COc2cccc(N(C)C)c2)nc2c1CCC(=O)N2C. The van der Waals surface area contributed by atoms with Crippen LogP contribution in [-0.4, -0.2) is 61.0 Å². The van der Waals surface area contributed by atoms with Gasteiger partial charge in [0.15, 0.2) is 12.4 Å². The maximum Gasteiger partial charge on any atom is 0.261 e. The van der Waals surface area contributed by atoms with Gasteiger partial charge in [0.2, 0.25) is 5.91 Å². The largest absolute Gasteiger partial charge is 0.484 e. The van der Waals surface area contributed by atoms with Crippen LogP contribution in [0.4, 0.5) is 11.5 Å². The molecule has 2 aliphatic heterocycles. The molecule has 1 saturated heterocycles. The van der Waals surface area contributed by atoms with Gasteiger partial charge in [-0.2, -0.15) is 0 Å². The van der Waals surface area contributed by atoms with Gasteiger partial charge >= 0.3 is 0 Å². The highest BCUT2D eigenvalue weighted by Crippen LogP contribution is 2.33. The Kier molecular flexibility index (Phi) is 6.30. The molecule has 0 saturated carbocycles. The predicted octanol–water partition coefficient (Wildman–Crippen LogP) is 2.89. The van der Waals surface area contributed by atoms with E-state index >= 15 is 0 Å². The highest BCUT2D eigenvalue weighted by atomic mass is 16.5. The summed E-state index contributed by atoms with van der Waals surface area (Å²) in [6.45, 7) is 2.58. The number of nitrogens with zero attached hydrogens (tertiary/aromatic N) is 5. The number of likely N-dealkylation sites (tertiary alicyclic amines) is 1. The van der Waals surface area contributed by atoms with Crippen LogP contribution in [0.15, 0.2) is 24.3 Å². The monoisotopic (exact) mass is 437 g/mol. The number of benzene rings is 1. The predicted molar refractivity (Wildman–Crippen MR) is 123 cm³/mol. The molecule has 1 fully saturated rings. The molecule has 0 spiro atoms. The zero-order chi connectivity index (χ0) is 22.8. The number of carbonyl (C=O) groups excluding carboxylic acids is 2. The molecular weight excluding hydrogens is 406 g/mol. The van der Waals surface area contributed by atoms with Crippen molar-refractivity contribution in [2.45, 2.75) is 45.1 Å². The number of amides is 2. The van der Waals surface area contributed by atoms with Gasteiger partial charge in [-0.05, 0) is 44.7 Å². The average molecular weight is 438 g/mol. The number of carbonyl (C=O) groups is 2. The summed E-state index contributed by atoms with van der Waals surface area (Å²) in [5, 5.41) is 0. The quantitative estimate of drug-likeness (QED) is 0.716. The van der Waals surface area contributed by atoms with Crippen molar-refractivity contribution in [2.24, 2.45) is 0 Å². The Morgan fingerprint density at radius 2 is 2.03 bits per heavy atom. The second-order valence-electron chi connectivity index (χ2n) is 8.70. The first kappa shape index (κ1) is 22.0. The van der Waals surface area contributed by atoms with Crippen molar-refractivity contribution in [3.05, 3.63) is 41.3 Å². The molecule has 0 aliphatic carbocycles. The first-order valence-electron chi connectivity index (χ1n) is 11.2. The molecule has 170 valence electrons. The van der Waals surface area contributed by atoms with Crippen molar-refractivity contribution in [3.63, 3.8) is 0 Å². The molecule has 0 radical (unpaired) electrons. The third-order valence-corrected chi connectivity index (χ3v) is 6.31. The van der Waals surface area contributed by atoms with Crippen LogP contribution in [0, 0.1) is 6.92 Å². The molecule has 3 heterocycles. The summed E-state index contributed by atoms with van der Waals surface area (Å²) in [5.74, 6) is 1.95. The second kappa shape index (κ2) is 9.14. The van der Waals surface area contributed by atoms with E-state index in [1.807, 2.05) is 55.1 Å². The number of fused-ring (bicyclic) bond motifs is 1. The number of rotatable bonds is 5. The van der Waals surface area contributed by atoms with Crippen molar-refractivity contribution in [1.82, 2.24) is 14.9 Å². The van der Waals surface area contributed by atoms with Crippen LogP contribution in [0.1, 0.15) is 48.8 Å². The molecule has 2 aromatic rings. The summed E-state index contributed by atoms with van der Waals surface area (Å²) in [6.07, 6.45) is 3.90. The van der Waals surface area contributed by atoms with E-state index in [1.54, 1.807) is 11.9 Å². The normalized spacial score (nSPS) is 18.4. The molecule has 0 N–H and O–H groups in total. The van der Waals surface area contributed by atoms with E-state index in [2.05, 4.69) is 0 Å². The van der Waals surface area contributed by atoms with Crippen LogP contribution in [0.2, 0.25) is 0 Å². The highest BCUT2D eigenvalue weighted by Gasteiger charge is 2.33. The lowest BCUT2D eigenvalue weighted by Gasteiger charge is -2.36. The zero-order valence-electron chi connectivity index (χ0n) is 19.3. The summed E-state index contributed by atoms with van der Waals surface area (Å²) in [6, 6.07) is 7.48. The molecule has 32 heavy (non-hydrogen) atoms. The summed E-state index contributed by atoms with van der Waals surface area (Å²) >= 11 is 0. The Bertz CT molecular complexity index is 1020. The summed E-state index contributed by atoms with van der Waals surface area (Å²) < 4.78 is 5.83. The van der Waals surface area contributed by atoms with Crippen molar-refractivity contribution in [2.75, 3.05) is 44.1 Å². The Hall–Kier alpha value is -3.16. The van der Waals surface area contributed by atoms with Crippen LogP contribution >= 0.6 is 0 Å². The number of aryl methyl sites for hydroxylation is 1. The van der Waals surface area contributed by atoms with Crippen LogP contribution < -0.4 is 14.5 Å². The number of anilines is 2. The summed E-state index contributed by atoms with van der Waals surface area (Å²) in [7, 11) is 5.69. The van der Waals surface area contributed by atoms with Gasteiger partial charge < -0.3 is 14.5 Å². The molecule has 1 aromatic heterocycles. The molecular formula is C24H31N5O3. The van der Waals surface area contributed by atoms with Crippen LogP contribution in [0.5, 0.6) is 5.75 Å². The Labute approximate surface area is 189 Å². The molecule has 1 atom stereocenters. The number of ether oxygens (including phenoxy) is 1. The zero-order valence-corrected chi connectivity index (χ0v) is 19.3. The fourth-order valence-electron chi connectivity index (χ4n) is 4.42. The highest BCUT2D eigenvalue weighted by molar-refractivity contribution is 5.94. The lowest BCUT2D eigenvalue weighted by Crippen LogP contribution is -2.42. The van der Waals surface area contributed by atoms with Crippen LogP contribution in [0.25, 0.3) is 0 Å². The van der Waals surface area contributed by atoms with Crippen LogP contribution in [-0.2, 0) is 16.0 Å². The fraction of sp³-hybridized carbons (Fsp3) is 0.500. The van der Waals surface area contributed by atoms with Gasteiger partial charge in [0, 0.05) is 57.1 Å². The van der Waals surface area contributed by atoms with Gasteiger partial charge in [-0.3, -0.25) is 14.5 Å². The number of piperidine rings is 1. The third-order valence-electron chi connectivity index (χ3n) is 6.31. The topological polar surface area (TPSA) is 78.9 Å². The smallest absolute Gasteiger partial charge is 0.261 e. The molecule has 2 aliphatic rings. The van der Waals surface area contributed by atoms with E-state index in [9.17, 15) is 9.59 Å². The molecule has 2 amide bonds. The number of aromatic nitrogens is 2. The van der Waals surface area contributed by atoms with Gasteiger partial charge in [0.05, 0.1) is 6.04 Å². The van der Waals surface area contributed by atoms with Gasteiger partial charge in [-0.1, -0.05) is 6.07 Å². The lowest BCUT2D eigenvalue weighted by atomic mass is 9.99. The van der Waals surface area contributed by atoms with E-state index in [0.717, 1.165) is 36.2 Å². The Morgan fingerprint density at radius 3 is 2.81 bits per heavy atom. The van der Waals surface area contributed by atoms with E-state index in [4.69, 9.17) is 14.7 Å². The van der Waals surface area contributed by atoms with Gasteiger partial charge in [0.1, 0.15) is 11.6 Å². The van der Waals surface area contributed by atoms with Crippen molar-refractivity contribution < 1.29 is 14.3 Å².